The summed E-state index contributed by atoms with van der Waals surface area (Å²) in [5, 5.41) is 9.72. The van der Waals surface area contributed by atoms with Gasteiger partial charge < -0.3 is 20.3 Å². The van der Waals surface area contributed by atoms with Crippen LogP contribution in [0.2, 0.25) is 0 Å². The number of fused-ring (bicyclic) bond motifs is 1. The van der Waals surface area contributed by atoms with Crippen molar-refractivity contribution in [3.8, 4) is 12.1 Å². The molecule has 1 amide bonds. The molecule has 0 aromatic carbocycles. The van der Waals surface area contributed by atoms with E-state index in [1.54, 1.807) is 0 Å². The van der Waals surface area contributed by atoms with Crippen LogP contribution in [-0.4, -0.2) is 89.5 Å². The first-order valence-electron chi connectivity index (χ1n) is 13.6. The molecule has 2 fully saturated rings. The van der Waals surface area contributed by atoms with Gasteiger partial charge in [-0.15, -0.1) is 0 Å². The summed E-state index contributed by atoms with van der Waals surface area (Å²) in [5.41, 5.74) is 9.58. The molecule has 1 atom stereocenters. The molecule has 0 radical (unpaired) electrons. The van der Waals surface area contributed by atoms with Gasteiger partial charge in [0, 0.05) is 43.7 Å². The fraction of sp³-hybridized carbons (Fsp3) is 0.704. The van der Waals surface area contributed by atoms with Gasteiger partial charge in [0.15, 0.2) is 0 Å². The molecule has 196 valence electrons. The zero-order valence-corrected chi connectivity index (χ0v) is 22.0. The van der Waals surface area contributed by atoms with E-state index < -0.39 is 0 Å². The number of carbonyl (C=O) groups excluding carboxylic acids is 1. The lowest BCUT2D eigenvalue weighted by atomic mass is 10.0. The van der Waals surface area contributed by atoms with Crippen molar-refractivity contribution in [2.24, 2.45) is 0 Å². The molecule has 3 aliphatic rings. The van der Waals surface area contributed by atoms with E-state index in [-0.39, 0.29) is 6.04 Å². The second kappa shape index (κ2) is 12.5. The van der Waals surface area contributed by atoms with Crippen LogP contribution in [0.1, 0.15) is 69.5 Å². The lowest BCUT2D eigenvalue weighted by Crippen LogP contribution is -2.52. The monoisotopic (exact) mass is 495 g/mol. The molecule has 36 heavy (non-hydrogen) atoms. The van der Waals surface area contributed by atoms with Gasteiger partial charge in [-0.05, 0) is 64.2 Å². The van der Waals surface area contributed by atoms with E-state index >= 15 is 0 Å². The summed E-state index contributed by atoms with van der Waals surface area (Å²) in [4.78, 5) is 28.8. The number of amides is 1. The van der Waals surface area contributed by atoms with E-state index in [9.17, 15) is 10.1 Å². The molecule has 1 aromatic rings. The number of nitrogens with two attached hydrogens (primary N) is 1. The molecule has 1 aromatic heterocycles. The van der Waals surface area contributed by atoms with Crippen molar-refractivity contribution in [1.82, 2.24) is 24.7 Å². The Morgan fingerprint density at radius 2 is 1.94 bits per heavy atom. The summed E-state index contributed by atoms with van der Waals surface area (Å²) in [6.45, 7) is 8.25. The minimum absolute atomic E-state index is 0.0498. The van der Waals surface area contributed by atoms with Crippen LogP contribution in [-0.2, 0) is 11.2 Å². The Balaban J connectivity index is 1.27. The van der Waals surface area contributed by atoms with Crippen molar-refractivity contribution in [3.63, 3.8) is 0 Å². The smallest absolute Gasteiger partial charge is 0.318 e. The number of carbonyl (C=O) groups is 1. The first-order valence-corrected chi connectivity index (χ1v) is 13.6. The van der Waals surface area contributed by atoms with Crippen molar-refractivity contribution in [3.05, 3.63) is 16.8 Å². The third-order valence-corrected chi connectivity index (χ3v) is 7.72. The van der Waals surface area contributed by atoms with Crippen LogP contribution in [0.5, 0.6) is 6.01 Å². The van der Waals surface area contributed by atoms with Crippen molar-refractivity contribution in [2.45, 2.75) is 70.8 Å². The van der Waals surface area contributed by atoms with Crippen LogP contribution in [0.4, 0.5) is 5.82 Å². The molecule has 9 nitrogen and oxygen atoms in total. The van der Waals surface area contributed by atoms with E-state index in [0.717, 1.165) is 113 Å². The third kappa shape index (κ3) is 6.16. The minimum atomic E-state index is 0.0498. The van der Waals surface area contributed by atoms with Crippen LogP contribution in [0.15, 0.2) is 5.57 Å². The van der Waals surface area contributed by atoms with E-state index in [4.69, 9.17) is 10.5 Å². The highest BCUT2D eigenvalue weighted by molar-refractivity contribution is 5.82. The molecule has 2 saturated heterocycles. The first kappa shape index (κ1) is 26.4. The number of ether oxygens (including phenoxy) is 1. The van der Waals surface area contributed by atoms with Gasteiger partial charge in [-0.3, -0.25) is 9.69 Å². The van der Waals surface area contributed by atoms with Gasteiger partial charge in [-0.1, -0.05) is 19.8 Å². The van der Waals surface area contributed by atoms with Crippen molar-refractivity contribution >= 4 is 17.3 Å². The van der Waals surface area contributed by atoms with Crippen molar-refractivity contribution < 1.29 is 9.53 Å². The topological polar surface area (TPSA) is 112 Å². The van der Waals surface area contributed by atoms with E-state index in [1.165, 1.54) is 0 Å². The molecule has 2 aliphatic heterocycles. The summed E-state index contributed by atoms with van der Waals surface area (Å²) in [5.74, 6) is 0.737. The predicted octanol–water partition coefficient (Wildman–Crippen LogP) is 2.87. The average molecular weight is 496 g/mol. The molecule has 2 N–H and O–H groups in total. The molecule has 9 heteroatoms. The number of nitriles is 1. The number of aromatic nitrogens is 2. The number of likely N-dealkylation sites (N-methyl/N-ethyl adjacent to an activating group) is 1. The summed E-state index contributed by atoms with van der Waals surface area (Å²) >= 11 is 0. The maximum atomic E-state index is 13.1. The Morgan fingerprint density at radius 3 is 2.69 bits per heavy atom. The number of nitrogens with zero attached hydrogens (tertiary/aromatic N) is 6. The summed E-state index contributed by atoms with van der Waals surface area (Å²) < 4.78 is 5.70. The number of likely N-dealkylation sites (tertiary alicyclic amines) is 1. The Labute approximate surface area is 215 Å². The number of allylic oxidation sites excluding steroid dienone is 2. The van der Waals surface area contributed by atoms with Gasteiger partial charge in [0.25, 0.3) is 0 Å². The number of rotatable bonds is 11. The highest BCUT2D eigenvalue weighted by Crippen LogP contribution is 2.38. The van der Waals surface area contributed by atoms with E-state index in [0.29, 0.717) is 30.8 Å². The average Bonchev–Trinajstić information content (AvgIpc) is 3.49. The number of hydrogen-bond donors (Lipinski definition) is 1. The Bertz CT molecular complexity index is 995. The molecular formula is C27H41N7O2. The molecular weight excluding hydrogens is 454 g/mol. The van der Waals surface area contributed by atoms with Crippen molar-refractivity contribution in [2.75, 3.05) is 58.7 Å². The van der Waals surface area contributed by atoms with Gasteiger partial charge >= 0.3 is 6.01 Å². The number of piperazine rings is 1. The Morgan fingerprint density at radius 1 is 1.14 bits per heavy atom. The predicted molar refractivity (Wildman–Crippen MR) is 140 cm³/mol. The third-order valence-electron chi connectivity index (χ3n) is 7.72. The van der Waals surface area contributed by atoms with E-state index in [2.05, 4.69) is 44.7 Å². The molecule has 4 rings (SSSR count). The van der Waals surface area contributed by atoms with Crippen LogP contribution in [0.3, 0.4) is 0 Å². The van der Waals surface area contributed by atoms with Gasteiger partial charge in [0.1, 0.15) is 5.82 Å². The summed E-state index contributed by atoms with van der Waals surface area (Å²) in [6, 6.07) is 2.72. The lowest BCUT2D eigenvalue weighted by molar-refractivity contribution is -0.137. The quantitative estimate of drug-likeness (QED) is 0.467. The normalized spacial score (nSPS) is 20.6. The van der Waals surface area contributed by atoms with Gasteiger partial charge in [-0.2, -0.15) is 15.2 Å². The van der Waals surface area contributed by atoms with E-state index in [1.807, 2.05) is 0 Å². The van der Waals surface area contributed by atoms with Crippen LogP contribution in [0.25, 0.3) is 5.57 Å². The minimum Gasteiger partial charge on any atom is -0.463 e. The first-order chi connectivity index (χ1) is 17.5. The van der Waals surface area contributed by atoms with Gasteiger partial charge in [0.2, 0.25) is 5.91 Å². The van der Waals surface area contributed by atoms with Crippen LogP contribution >= 0.6 is 0 Å². The standard InChI is InChI=1S/C27H41N7O2/c1-3-4-17-36-27-30-24-21(20(19-28)18-22(24)25(29)31-27)9-6-5-7-11-33-12-8-10-23(33)26(35)34-15-13-32(2)14-16-34/h23H,3-18H2,1-2H3,(H2,29,30,31). The fourth-order valence-corrected chi connectivity index (χ4v) is 5.48. The lowest BCUT2D eigenvalue weighted by Gasteiger charge is -2.35. The number of unbranched alkanes of at least 4 members (excludes halogenated alkanes) is 3. The second-order valence-corrected chi connectivity index (χ2v) is 10.3. The highest BCUT2D eigenvalue weighted by atomic mass is 16.5. The molecule has 0 saturated carbocycles. The maximum absolute atomic E-state index is 13.1. The zero-order chi connectivity index (χ0) is 25.5. The largest absolute Gasteiger partial charge is 0.463 e. The Hall–Kier alpha value is -2.70. The molecule has 0 bridgehead atoms. The molecule has 1 aliphatic carbocycles. The fourth-order valence-electron chi connectivity index (χ4n) is 5.48. The number of nitrogen functional groups attached to an aromatic ring is 1. The summed E-state index contributed by atoms with van der Waals surface area (Å²) in [6.07, 6.45) is 8.41. The van der Waals surface area contributed by atoms with Gasteiger partial charge in [-0.25, -0.2) is 0 Å². The maximum Gasteiger partial charge on any atom is 0.318 e. The van der Waals surface area contributed by atoms with Crippen LogP contribution < -0.4 is 10.5 Å². The second-order valence-electron chi connectivity index (χ2n) is 10.3. The van der Waals surface area contributed by atoms with Crippen LogP contribution in [0, 0.1) is 11.3 Å². The zero-order valence-electron chi connectivity index (χ0n) is 22.0. The molecule has 1 unspecified atom stereocenters. The van der Waals surface area contributed by atoms with Gasteiger partial charge in [0.05, 0.1) is 24.4 Å². The molecule has 3 heterocycles. The Kier molecular flexibility index (Phi) is 9.16. The number of anilines is 1. The number of hydrogen-bond acceptors (Lipinski definition) is 8. The highest BCUT2D eigenvalue weighted by Gasteiger charge is 2.34. The molecule has 0 spiro atoms. The summed E-state index contributed by atoms with van der Waals surface area (Å²) in [7, 11) is 2.12. The SMILES string of the molecule is CCCCOc1nc(N)c2c(n1)C(CCCCCN1CCCC1C(=O)N1CCN(C)CC1)=C(C#N)C2. The van der Waals surface area contributed by atoms with Crippen molar-refractivity contribution in [1.29, 1.82) is 5.26 Å².